The summed E-state index contributed by atoms with van der Waals surface area (Å²) in [5.74, 6) is -1.32. The van der Waals surface area contributed by atoms with Gasteiger partial charge < -0.3 is 0 Å². The number of carbonyl (C=O) groups is 3. The third-order valence-electron chi connectivity index (χ3n) is 8.40. The standard InChI is InChI=1S/C32H25BrCl2N6O3/c33-21-4-2-5-24(16-21)40-31(43)28-30(32(40)44)39(38-36-28)17-26(42)41-29(19-9-13-23(35)14-10-19)25-6-1-3-20(27(25)37-41)15-18-7-11-22(34)12-8-18/h2,4-5,7-16,25,28-30H,1,3,6,17H2. The van der Waals surface area contributed by atoms with E-state index in [1.807, 2.05) is 54.6 Å². The molecule has 2 fully saturated rings. The zero-order valence-corrected chi connectivity index (χ0v) is 26.3. The highest BCUT2D eigenvalue weighted by Gasteiger charge is 2.55. The lowest BCUT2D eigenvalue weighted by molar-refractivity contribution is -0.136. The van der Waals surface area contributed by atoms with Crippen LogP contribution < -0.4 is 4.90 Å². The number of anilines is 1. The number of nitrogens with zero attached hydrogens (tertiary/aromatic N) is 6. The third kappa shape index (κ3) is 5.14. The Morgan fingerprint density at radius 1 is 0.955 bits per heavy atom. The highest BCUT2D eigenvalue weighted by Crippen LogP contribution is 2.45. The molecule has 44 heavy (non-hydrogen) atoms. The first-order valence-corrected chi connectivity index (χ1v) is 15.8. The van der Waals surface area contributed by atoms with Gasteiger partial charge in [0, 0.05) is 20.4 Å². The summed E-state index contributed by atoms with van der Waals surface area (Å²) in [6.07, 6.45) is 4.74. The van der Waals surface area contributed by atoms with Crippen molar-refractivity contribution < 1.29 is 14.4 Å². The largest absolute Gasteiger partial charge is 0.271 e. The summed E-state index contributed by atoms with van der Waals surface area (Å²) in [4.78, 5) is 41.9. The van der Waals surface area contributed by atoms with Crippen molar-refractivity contribution in [1.82, 2.24) is 10.0 Å². The molecule has 0 spiro atoms. The van der Waals surface area contributed by atoms with Crippen LogP contribution in [0.2, 0.25) is 10.0 Å². The molecule has 1 saturated carbocycles. The van der Waals surface area contributed by atoms with E-state index in [9.17, 15) is 14.4 Å². The van der Waals surface area contributed by atoms with E-state index in [0.717, 1.165) is 51.0 Å². The lowest BCUT2D eigenvalue weighted by Gasteiger charge is -2.30. The molecule has 3 aromatic carbocycles. The van der Waals surface area contributed by atoms with E-state index in [-0.39, 0.29) is 24.4 Å². The number of amides is 3. The van der Waals surface area contributed by atoms with Gasteiger partial charge in [-0.25, -0.2) is 9.91 Å². The van der Waals surface area contributed by atoms with E-state index in [0.29, 0.717) is 15.7 Å². The average molecular weight is 692 g/mol. The first-order chi connectivity index (χ1) is 21.3. The molecule has 0 bridgehead atoms. The van der Waals surface area contributed by atoms with E-state index in [4.69, 9.17) is 28.3 Å². The Hall–Kier alpha value is -3.86. The summed E-state index contributed by atoms with van der Waals surface area (Å²) < 4.78 is 0.730. The van der Waals surface area contributed by atoms with Crippen molar-refractivity contribution >= 4 is 74.3 Å². The number of halogens is 3. The number of carbonyl (C=O) groups excluding carboxylic acids is 3. The van der Waals surface area contributed by atoms with Gasteiger partial charge >= 0.3 is 0 Å². The van der Waals surface area contributed by atoms with Crippen LogP contribution in [0, 0.1) is 5.92 Å². The minimum absolute atomic E-state index is 0.0258. The quantitative estimate of drug-likeness (QED) is 0.273. The third-order valence-corrected chi connectivity index (χ3v) is 9.40. The molecule has 0 N–H and O–H groups in total. The van der Waals surface area contributed by atoms with Gasteiger partial charge in [-0.1, -0.05) is 74.7 Å². The lowest BCUT2D eigenvalue weighted by atomic mass is 9.77. The van der Waals surface area contributed by atoms with E-state index in [1.165, 1.54) is 10.0 Å². The Bertz CT molecular complexity index is 1760. The second-order valence-corrected chi connectivity index (χ2v) is 12.9. The number of hydrogen-bond acceptors (Lipinski definition) is 7. The molecule has 0 aromatic heterocycles. The van der Waals surface area contributed by atoms with Crippen LogP contribution in [0.4, 0.5) is 5.69 Å². The Morgan fingerprint density at radius 3 is 2.41 bits per heavy atom. The smallest absolute Gasteiger partial charge is 0.264 e. The molecule has 3 amide bonds. The van der Waals surface area contributed by atoms with Gasteiger partial charge in [-0.2, -0.15) is 10.2 Å². The molecule has 4 atom stereocenters. The molecule has 222 valence electrons. The van der Waals surface area contributed by atoms with E-state index < -0.39 is 23.9 Å². The fraction of sp³-hybridized carbons (Fsp3) is 0.250. The van der Waals surface area contributed by atoms with Gasteiger partial charge in [0.1, 0.15) is 6.54 Å². The van der Waals surface area contributed by atoms with Gasteiger partial charge in [0.25, 0.3) is 17.7 Å². The molecule has 3 heterocycles. The topological polar surface area (TPSA) is 98.0 Å². The number of fused-ring (bicyclic) bond motifs is 2. The molecule has 3 aromatic rings. The van der Waals surface area contributed by atoms with Crippen molar-refractivity contribution in [2.45, 2.75) is 37.4 Å². The van der Waals surface area contributed by atoms with Crippen molar-refractivity contribution in [3.05, 3.63) is 104 Å². The average Bonchev–Trinajstić information content (AvgIpc) is 3.68. The van der Waals surface area contributed by atoms with Crippen LogP contribution in [-0.2, 0) is 14.4 Å². The van der Waals surface area contributed by atoms with Crippen molar-refractivity contribution in [1.29, 1.82) is 0 Å². The second-order valence-electron chi connectivity index (χ2n) is 11.1. The summed E-state index contributed by atoms with van der Waals surface area (Å²) >= 11 is 15.7. The minimum Gasteiger partial charge on any atom is -0.271 e. The number of imide groups is 1. The zero-order valence-electron chi connectivity index (χ0n) is 23.2. The molecule has 1 saturated heterocycles. The summed E-state index contributed by atoms with van der Waals surface area (Å²) in [7, 11) is 0. The molecule has 7 rings (SSSR count). The number of benzene rings is 3. The van der Waals surface area contributed by atoms with Crippen molar-refractivity contribution in [2.75, 3.05) is 11.4 Å². The van der Waals surface area contributed by atoms with E-state index >= 15 is 0 Å². The molecule has 9 nitrogen and oxygen atoms in total. The molecule has 0 radical (unpaired) electrons. The molecular weight excluding hydrogens is 667 g/mol. The maximum Gasteiger partial charge on any atom is 0.264 e. The van der Waals surface area contributed by atoms with Gasteiger partial charge in [0.15, 0.2) is 12.1 Å². The Morgan fingerprint density at radius 2 is 1.68 bits per heavy atom. The minimum atomic E-state index is -1.01. The van der Waals surface area contributed by atoms with Crippen LogP contribution in [0.3, 0.4) is 0 Å². The maximum atomic E-state index is 14.1. The van der Waals surface area contributed by atoms with Gasteiger partial charge in [-0.3, -0.25) is 19.4 Å². The summed E-state index contributed by atoms with van der Waals surface area (Å²) in [5.41, 5.74) is 4.29. The molecule has 4 aliphatic rings. The highest BCUT2D eigenvalue weighted by atomic mass is 79.9. The zero-order chi connectivity index (χ0) is 30.5. The van der Waals surface area contributed by atoms with Gasteiger partial charge in [0.2, 0.25) is 0 Å². The van der Waals surface area contributed by atoms with Gasteiger partial charge in [0.05, 0.1) is 17.4 Å². The molecule has 12 heteroatoms. The van der Waals surface area contributed by atoms with E-state index in [1.54, 1.807) is 18.2 Å². The number of allylic oxidation sites excluding steroid dienone is 1. The predicted octanol–water partition coefficient (Wildman–Crippen LogP) is 6.87. The van der Waals surface area contributed by atoms with Gasteiger partial charge in [-0.05, 0) is 84.5 Å². The maximum absolute atomic E-state index is 14.1. The number of hydrazone groups is 1. The summed E-state index contributed by atoms with van der Waals surface area (Å²) in [6.45, 7) is -0.264. The van der Waals surface area contributed by atoms with Crippen LogP contribution in [0.5, 0.6) is 0 Å². The second kappa shape index (κ2) is 11.6. The fourth-order valence-electron chi connectivity index (χ4n) is 6.40. The van der Waals surface area contributed by atoms with Crippen molar-refractivity contribution in [3.8, 4) is 0 Å². The van der Waals surface area contributed by atoms with E-state index in [2.05, 4.69) is 32.3 Å². The summed E-state index contributed by atoms with van der Waals surface area (Å²) in [6, 6.07) is 19.6. The van der Waals surface area contributed by atoms with Crippen LogP contribution in [0.25, 0.3) is 6.08 Å². The Kier molecular flexibility index (Phi) is 7.60. The monoisotopic (exact) mass is 690 g/mol. The SMILES string of the molecule is O=C1C2N=NN(CC(=O)N3N=C4C(=Cc5ccc(Cl)cc5)CCCC4C3c3ccc(Cl)cc3)C2C(=O)N1c1cccc(Br)c1. The van der Waals surface area contributed by atoms with Crippen molar-refractivity contribution in [2.24, 2.45) is 21.4 Å². The van der Waals surface area contributed by atoms with Crippen LogP contribution in [-0.4, -0.2) is 52.1 Å². The molecular formula is C32H25BrCl2N6O3. The number of rotatable bonds is 5. The molecule has 1 aliphatic carbocycles. The Balaban J connectivity index is 1.19. The van der Waals surface area contributed by atoms with Crippen LogP contribution >= 0.6 is 39.1 Å². The Labute approximate surface area is 271 Å². The van der Waals surface area contributed by atoms with Crippen LogP contribution in [0.15, 0.2) is 98.3 Å². The summed E-state index contributed by atoms with van der Waals surface area (Å²) in [5, 5.41) is 17.2. The first kappa shape index (κ1) is 28.9. The van der Waals surface area contributed by atoms with Crippen molar-refractivity contribution in [3.63, 3.8) is 0 Å². The van der Waals surface area contributed by atoms with Crippen LogP contribution in [0.1, 0.15) is 36.4 Å². The highest BCUT2D eigenvalue weighted by molar-refractivity contribution is 9.10. The van der Waals surface area contributed by atoms with Gasteiger partial charge in [-0.15, -0.1) is 0 Å². The molecule has 3 aliphatic heterocycles. The lowest BCUT2D eigenvalue weighted by Crippen LogP contribution is -2.45. The predicted molar refractivity (Wildman–Crippen MR) is 171 cm³/mol. The fourth-order valence-corrected chi connectivity index (χ4v) is 7.03. The normalized spacial score (nSPS) is 25.1. The molecule has 4 unspecified atom stereocenters. The number of hydrogen-bond donors (Lipinski definition) is 0. The first-order valence-electron chi connectivity index (χ1n) is 14.2.